The summed E-state index contributed by atoms with van der Waals surface area (Å²) < 4.78 is 0. The second-order valence-corrected chi connectivity index (χ2v) is 11.2. The zero-order chi connectivity index (χ0) is 27.2. The molecule has 0 aromatic carbocycles. The zero-order valence-electron chi connectivity index (χ0n) is 25.0. The van der Waals surface area contributed by atoms with Crippen molar-refractivity contribution in [2.24, 2.45) is 0 Å². The van der Waals surface area contributed by atoms with Crippen LogP contribution in [0.5, 0.6) is 0 Å². The van der Waals surface area contributed by atoms with Crippen LogP contribution in [-0.4, -0.2) is 34.9 Å². The molecule has 220 valence electrons. The Bertz CT molecular complexity index is 494. The molecule has 0 aromatic heterocycles. The fourth-order valence-electron chi connectivity index (χ4n) is 4.94. The highest BCUT2D eigenvalue weighted by Crippen LogP contribution is 2.14. The lowest BCUT2D eigenvalue weighted by Gasteiger charge is -2.20. The third-order valence-electron chi connectivity index (χ3n) is 7.52. The van der Waals surface area contributed by atoms with Gasteiger partial charge in [-0.3, -0.25) is 4.79 Å². The normalized spacial score (nSPS) is 13.3. The van der Waals surface area contributed by atoms with Crippen LogP contribution in [0.1, 0.15) is 174 Å². The van der Waals surface area contributed by atoms with Crippen molar-refractivity contribution in [3.05, 3.63) is 12.2 Å². The van der Waals surface area contributed by atoms with Crippen molar-refractivity contribution in [1.82, 2.24) is 5.32 Å². The summed E-state index contributed by atoms with van der Waals surface area (Å²) in [5.74, 6) is -0.0671. The van der Waals surface area contributed by atoms with E-state index >= 15 is 0 Å². The van der Waals surface area contributed by atoms with Crippen LogP contribution >= 0.6 is 0 Å². The van der Waals surface area contributed by atoms with E-state index in [1.54, 1.807) is 6.08 Å². The molecule has 4 heteroatoms. The number of allylic oxidation sites excluding steroid dienone is 1. The Hall–Kier alpha value is -0.870. The first-order chi connectivity index (χ1) is 18.2. The SMILES string of the molecule is CCCCCCCCCCCCCCC/C=C/[C@@H](O)[C@H](CO)NC(=O)CCCCCCCCCCCC. The van der Waals surface area contributed by atoms with Crippen LogP contribution in [0.2, 0.25) is 0 Å². The molecule has 0 aliphatic heterocycles. The van der Waals surface area contributed by atoms with Crippen LogP contribution in [0.3, 0.4) is 0 Å². The van der Waals surface area contributed by atoms with E-state index in [1.165, 1.54) is 128 Å². The molecule has 0 heterocycles. The molecule has 0 aliphatic carbocycles. The average Bonchev–Trinajstić information content (AvgIpc) is 2.90. The lowest BCUT2D eigenvalue weighted by Crippen LogP contribution is -2.45. The molecule has 0 aromatic rings. The van der Waals surface area contributed by atoms with Gasteiger partial charge in [0.25, 0.3) is 0 Å². The van der Waals surface area contributed by atoms with Crippen LogP contribution in [0, 0.1) is 0 Å². The summed E-state index contributed by atoms with van der Waals surface area (Å²) in [6.45, 7) is 4.28. The Morgan fingerprint density at radius 1 is 0.622 bits per heavy atom. The molecule has 0 saturated carbocycles. The molecule has 0 aliphatic rings. The van der Waals surface area contributed by atoms with Crippen molar-refractivity contribution < 1.29 is 15.0 Å². The van der Waals surface area contributed by atoms with Crippen molar-refractivity contribution >= 4 is 5.91 Å². The molecule has 1 amide bonds. The van der Waals surface area contributed by atoms with Crippen molar-refractivity contribution in [3.8, 4) is 0 Å². The fraction of sp³-hybridized carbons (Fsp3) is 0.909. The number of carbonyl (C=O) groups is 1. The van der Waals surface area contributed by atoms with Gasteiger partial charge in [0.15, 0.2) is 0 Å². The number of carbonyl (C=O) groups excluding carboxylic acids is 1. The lowest BCUT2D eigenvalue weighted by atomic mass is 10.0. The summed E-state index contributed by atoms with van der Waals surface area (Å²) in [6.07, 6.45) is 34.3. The van der Waals surface area contributed by atoms with E-state index in [-0.39, 0.29) is 12.5 Å². The molecule has 0 unspecified atom stereocenters. The van der Waals surface area contributed by atoms with Crippen LogP contribution in [0.25, 0.3) is 0 Å². The third-order valence-corrected chi connectivity index (χ3v) is 7.52. The van der Waals surface area contributed by atoms with Crippen LogP contribution in [0.15, 0.2) is 12.2 Å². The van der Waals surface area contributed by atoms with Gasteiger partial charge in [-0.25, -0.2) is 0 Å². The highest BCUT2D eigenvalue weighted by atomic mass is 16.3. The number of aliphatic hydroxyl groups excluding tert-OH is 2. The molecule has 0 spiro atoms. The highest BCUT2D eigenvalue weighted by Gasteiger charge is 2.17. The molecule has 3 N–H and O–H groups in total. The predicted octanol–water partition coefficient (Wildman–Crippen LogP) is 9.17. The first-order valence-corrected chi connectivity index (χ1v) is 16.4. The molecule has 37 heavy (non-hydrogen) atoms. The van der Waals surface area contributed by atoms with E-state index in [4.69, 9.17) is 0 Å². The van der Waals surface area contributed by atoms with Crippen molar-refractivity contribution in [2.45, 2.75) is 187 Å². The number of hydrogen-bond donors (Lipinski definition) is 3. The number of unbranched alkanes of at least 4 members (excludes halogenated alkanes) is 22. The van der Waals surface area contributed by atoms with Crippen LogP contribution < -0.4 is 5.32 Å². The summed E-state index contributed by atoms with van der Waals surface area (Å²) in [4.78, 5) is 12.2. The predicted molar refractivity (Wildman–Crippen MR) is 161 cm³/mol. The molecular weight excluding hydrogens is 458 g/mol. The van der Waals surface area contributed by atoms with E-state index in [2.05, 4.69) is 19.2 Å². The molecular formula is C33H65NO3. The average molecular weight is 524 g/mol. The molecule has 0 fully saturated rings. The van der Waals surface area contributed by atoms with Gasteiger partial charge in [0.2, 0.25) is 5.91 Å². The van der Waals surface area contributed by atoms with E-state index in [0.29, 0.717) is 6.42 Å². The fourth-order valence-corrected chi connectivity index (χ4v) is 4.94. The topological polar surface area (TPSA) is 69.6 Å². The molecule has 0 rings (SSSR count). The number of rotatable bonds is 29. The van der Waals surface area contributed by atoms with Gasteiger partial charge < -0.3 is 15.5 Å². The minimum absolute atomic E-state index is 0.0671. The Labute approximate surface area is 231 Å². The summed E-state index contributed by atoms with van der Waals surface area (Å²) in [6, 6.07) is -0.612. The first-order valence-electron chi connectivity index (χ1n) is 16.4. The second kappa shape index (κ2) is 29.7. The zero-order valence-corrected chi connectivity index (χ0v) is 25.0. The van der Waals surface area contributed by atoms with Crippen LogP contribution in [-0.2, 0) is 4.79 Å². The Morgan fingerprint density at radius 2 is 1.00 bits per heavy atom. The van der Waals surface area contributed by atoms with E-state index in [9.17, 15) is 15.0 Å². The maximum Gasteiger partial charge on any atom is 0.220 e. The number of amides is 1. The first kappa shape index (κ1) is 36.1. The van der Waals surface area contributed by atoms with E-state index in [0.717, 1.165) is 25.7 Å². The summed E-state index contributed by atoms with van der Waals surface area (Å²) in [5.41, 5.74) is 0. The van der Waals surface area contributed by atoms with Crippen molar-refractivity contribution in [3.63, 3.8) is 0 Å². The van der Waals surface area contributed by atoms with Gasteiger partial charge >= 0.3 is 0 Å². The monoisotopic (exact) mass is 523 g/mol. The number of hydrogen-bond acceptors (Lipinski definition) is 3. The van der Waals surface area contributed by atoms with Gasteiger partial charge in [-0.15, -0.1) is 0 Å². The molecule has 0 radical (unpaired) electrons. The Morgan fingerprint density at radius 3 is 1.41 bits per heavy atom. The maximum atomic E-state index is 12.2. The largest absolute Gasteiger partial charge is 0.394 e. The van der Waals surface area contributed by atoms with Gasteiger partial charge in [0, 0.05) is 6.42 Å². The maximum absolute atomic E-state index is 12.2. The molecule has 2 atom stereocenters. The Balaban J connectivity index is 3.64. The summed E-state index contributed by atoms with van der Waals surface area (Å²) in [5, 5.41) is 22.8. The number of nitrogens with one attached hydrogen (secondary N) is 1. The summed E-state index contributed by atoms with van der Waals surface area (Å²) in [7, 11) is 0. The minimum atomic E-state index is -0.830. The highest BCUT2D eigenvalue weighted by molar-refractivity contribution is 5.76. The van der Waals surface area contributed by atoms with Crippen molar-refractivity contribution in [2.75, 3.05) is 6.61 Å². The lowest BCUT2D eigenvalue weighted by molar-refractivity contribution is -0.123. The molecule has 0 bridgehead atoms. The quantitative estimate of drug-likeness (QED) is 0.0676. The summed E-state index contributed by atoms with van der Waals surface area (Å²) >= 11 is 0. The number of aliphatic hydroxyl groups is 2. The van der Waals surface area contributed by atoms with E-state index < -0.39 is 12.1 Å². The standard InChI is InChI=1S/C33H65NO3/c1-3-5-7-9-11-13-15-16-17-18-19-20-22-24-26-28-32(36)31(30-35)34-33(37)29-27-25-23-21-14-12-10-8-6-4-2/h26,28,31-32,35-36H,3-25,27,29-30H2,1-2H3,(H,34,37)/b28-26+/t31-,32+/m0/s1. The Kier molecular flexibility index (Phi) is 29.0. The second-order valence-electron chi connectivity index (χ2n) is 11.2. The van der Waals surface area contributed by atoms with Crippen LogP contribution in [0.4, 0.5) is 0 Å². The van der Waals surface area contributed by atoms with Gasteiger partial charge in [0.1, 0.15) is 0 Å². The van der Waals surface area contributed by atoms with Gasteiger partial charge in [-0.05, 0) is 19.3 Å². The van der Waals surface area contributed by atoms with Gasteiger partial charge in [-0.2, -0.15) is 0 Å². The van der Waals surface area contributed by atoms with Crippen molar-refractivity contribution in [1.29, 1.82) is 0 Å². The molecule has 4 nitrogen and oxygen atoms in total. The minimum Gasteiger partial charge on any atom is -0.394 e. The van der Waals surface area contributed by atoms with Gasteiger partial charge in [-0.1, -0.05) is 161 Å². The van der Waals surface area contributed by atoms with E-state index in [1.807, 2.05) is 6.08 Å². The molecule has 0 saturated heterocycles. The van der Waals surface area contributed by atoms with Gasteiger partial charge in [0.05, 0.1) is 18.8 Å². The third kappa shape index (κ3) is 26.5. The smallest absolute Gasteiger partial charge is 0.220 e.